The van der Waals surface area contributed by atoms with Crippen LogP contribution in [0.15, 0.2) is 0 Å². The molecule has 0 aliphatic carbocycles. The summed E-state index contributed by atoms with van der Waals surface area (Å²) in [6, 6.07) is 0. The van der Waals surface area contributed by atoms with Gasteiger partial charge in [-0.05, 0) is 13.8 Å². The van der Waals surface area contributed by atoms with E-state index in [4.69, 9.17) is 0 Å². The summed E-state index contributed by atoms with van der Waals surface area (Å²) in [5.41, 5.74) is 1.43. The maximum absolute atomic E-state index is 13.8. The van der Waals surface area contributed by atoms with Crippen LogP contribution in [0, 0.1) is 30.2 Å². The number of halogens is 5. The second kappa shape index (κ2) is 5.47. The SMILES string of the molecule is Cc1c(F)c(F)c(N(F)S(=O)(=O)C(C)C(N)=O)c(F)c1F. The third-order valence-electron chi connectivity index (χ3n) is 2.71. The Kier molecular flexibility index (Phi) is 4.46. The topological polar surface area (TPSA) is 80.5 Å². The third kappa shape index (κ3) is 2.64. The van der Waals surface area contributed by atoms with Crippen molar-refractivity contribution in [1.29, 1.82) is 0 Å². The number of carbonyl (C=O) groups is 1. The number of rotatable bonds is 4. The quantitative estimate of drug-likeness (QED) is 0.515. The van der Waals surface area contributed by atoms with Crippen LogP contribution in [-0.2, 0) is 14.8 Å². The first-order valence-electron chi connectivity index (χ1n) is 5.26. The lowest BCUT2D eigenvalue weighted by atomic mass is 10.2. The van der Waals surface area contributed by atoms with Crippen LogP contribution in [0.1, 0.15) is 12.5 Å². The monoisotopic (exact) mass is 332 g/mol. The molecule has 118 valence electrons. The molecule has 0 saturated carbocycles. The summed E-state index contributed by atoms with van der Waals surface area (Å²) in [4.78, 5) is 10.8. The van der Waals surface area contributed by atoms with Gasteiger partial charge in [-0.15, -0.1) is 0 Å². The van der Waals surface area contributed by atoms with Gasteiger partial charge >= 0.3 is 0 Å². The van der Waals surface area contributed by atoms with Crippen molar-refractivity contribution >= 4 is 21.6 Å². The van der Waals surface area contributed by atoms with E-state index in [2.05, 4.69) is 5.73 Å². The Morgan fingerprint density at radius 2 is 1.48 bits per heavy atom. The van der Waals surface area contributed by atoms with Crippen LogP contribution in [0.25, 0.3) is 0 Å². The number of carbonyl (C=O) groups excluding carboxylic acids is 1. The highest BCUT2D eigenvalue weighted by Crippen LogP contribution is 2.33. The van der Waals surface area contributed by atoms with Crippen LogP contribution >= 0.6 is 0 Å². The van der Waals surface area contributed by atoms with E-state index < -0.39 is 60.2 Å². The highest BCUT2D eigenvalue weighted by molar-refractivity contribution is 7.93. The molecule has 1 unspecified atom stereocenters. The first-order chi connectivity index (χ1) is 9.44. The Labute approximate surface area is 116 Å². The van der Waals surface area contributed by atoms with Crippen LogP contribution in [0.5, 0.6) is 0 Å². The van der Waals surface area contributed by atoms with Gasteiger partial charge in [0.05, 0.1) is 0 Å². The van der Waals surface area contributed by atoms with Crippen molar-refractivity contribution < 1.29 is 35.3 Å². The molecule has 0 aliphatic heterocycles. The van der Waals surface area contributed by atoms with Gasteiger partial charge in [-0.2, -0.15) is 0 Å². The van der Waals surface area contributed by atoms with Gasteiger partial charge in [0.1, 0.15) is 0 Å². The van der Waals surface area contributed by atoms with E-state index in [9.17, 15) is 35.3 Å². The minimum atomic E-state index is -5.30. The molecular weight excluding hydrogens is 323 g/mol. The lowest BCUT2D eigenvalue weighted by Gasteiger charge is -2.19. The number of hydrogen-bond acceptors (Lipinski definition) is 3. The molecule has 0 radical (unpaired) electrons. The van der Waals surface area contributed by atoms with Crippen LogP contribution in [0.4, 0.5) is 27.7 Å². The summed E-state index contributed by atoms with van der Waals surface area (Å²) >= 11 is 0. The average molecular weight is 332 g/mol. The predicted octanol–water partition coefficient (Wildman–Crippen LogP) is 1.45. The first-order valence-corrected chi connectivity index (χ1v) is 6.76. The fraction of sp³-hybridized carbons (Fsp3) is 0.300. The van der Waals surface area contributed by atoms with E-state index in [1.807, 2.05) is 0 Å². The molecule has 0 aromatic heterocycles. The fourth-order valence-electron chi connectivity index (χ4n) is 1.30. The molecule has 0 aliphatic rings. The molecule has 11 heteroatoms. The molecule has 1 rings (SSSR count). The van der Waals surface area contributed by atoms with E-state index in [1.165, 1.54) is 0 Å². The summed E-state index contributed by atoms with van der Waals surface area (Å²) in [7, 11) is -5.30. The highest BCUT2D eigenvalue weighted by atomic mass is 32.2. The summed E-state index contributed by atoms with van der Waals surface area (Å²) < 4.78 is 88.9. The standard InChI is InChI=1S/C10H9F5N2O3S/c1-3-5(11)7(13)9(8(14)6(3)12)17(15)21(19,20)4(2)10(16)18/h4H,1-2H3,(H2,16,18). The molecule has 0 saturated heterocycles. The predicted molar refractivity (Wildman–Crippen MR) is 62.2 cm³/mol. The van der Waals surface area contributed by atoms with Gasteiger partial charge in [0, 0.05) is 5.56 Å². The zero-order valence-electron chi connectivity index (χ0n) is 10.6. The minimum absolute atomic E-state index is 0.640. The van der Waals surface area contributed by atoms with Crippen molar-refractivity contribution in [2.45, 2.75) is 19.1 Å². The van der Waals surface area contributed by atoms with Crippen LogP contribution in [0.3, 0.4) is 0 Å². The number of nitrogens with zero attached hydrogens (tertiary/aromatic N) is 1. The third-order valence-corrected chi connectivity index (χ3v) is 4.46. The van der Waals surface area contributed by atoms with E-state index >= 15 is 0 Å². The number of anilines is 1. The molecule has 1 amide bonds. The molecule has 21 heavy (non-hydrogen) atoms. The van der Waals surface area contributed by atoms with Crippen molar-refractivity contribution in [3.8, 4) is 0 Å². The first kappa shape index (κ1) is 17.1. The number of benzene rings is 1. The van der Waals surface area contributed by atoms with Crippen molar-refractivity contribution in [3.05, 3.63) is 28.8 Å². The number of sulfonamides is 1. The van der Waals surface area contributed by atoms with E-state index in [0.717, 1.165) is 0 Å². The number of primary amides is 1. The number of hydrogen-bond donors (Lipinski definition) is 1. The Bertz CT molecular complexity index is 678. The van der Waals surface area contributed by atoms with E-state index in [1.54, 1.807) is 0 Å². The molecule has 0 fully saturated rings. The molecule has 1 atom stereocenters. The van der Waals surface area contributed by atoms with Crippen LogP contribution in [0.2, 0.25) is 0 Å². The molecule has 1 aromatic carbocycles. The summed E-state index contributed by atoms with van der Waals surface area (Å²) in [5.74, 6) is -9.96. The van der Waals surface area contributed by atoms with Gasteiger partial charge in [0.15, 0.2) is 34.2 Å². The van der Waals surface area contributed by atoms with E-state index in [-0.39, 0.29) is 0 Å². The van der Waals surface area contributed by atoms with Gasteiger partial charge in [0.25, 0.3) is 10.0 Å². The maximum atomic E-state index is 13.8. The molecular formula is C10H9F5N2O3S. The van der Waals surface area contributed by atoms with Gasteiger partial charge in [0.2, 0.25) is 5.91 Å². The summed E-state index contributed by atoms with van der Waals surface area (Å²) in [6.45, 7) is 1.31. The Hall–Kier alpha value is -1.91. The summed E-state index contributed by atoms with van der Waals surface area (Å²) in [5, 5.41) is -2.21. The van der Waals surface area contributed by atoms with Crippen LogP contribution in [-0.4, -0.2) is 19.6 Å². The van der Waals surface area contributed by atoms with Gasteiger partial charge in [-0.1, -0.05) is 9.01 Å². The molecule has 0 spiro atoms. The molecule has 2 N–H and O–H groups in total. The van der Waals surface area contributed by atoms with Crippen molar-refractivity contribution in [2.24, 2.45) is 5.73 Å². The van der Waals surface area contributed by atoms with Crippen LogP contribution < -0.4 is 10.3 Å². The lowest BCUT2D eigenvalue weighted by molar-refractivity contribution is -0.117. The van der Waals surface area contributed by atoms with Gasteiger partial charge in [-0.3, -0.25) is 4.79 Å². The lowest BCUT2D eigenvalue weighted by Crippen LogP contribution is -2.41. The van der Waals surface area contributed by atoms with E-state index in [0.29, 0.717) is 13.8 Å². The maximum Gasteiger partial charge on any atom is 0.273 e. The smallest absolute Gasteiger partial charge is 0.273 e. The molecule has 5 nitrogen and oxygen atoms in total. The second-order valence-electron chi connectivity index (χ2n) is 4.03. The van der Waals surface area contributed by atoms with Crippen molar-refractivity contribution in [2.75, 3.05) is 4.53 Å². The zero-order valence-corrected chi connectivity index (χ0v) is 11.4. The number of amides is 1. The van der Waals surface area contributed by atoms with Crippen molar-refractivity contribution in [1.82, 2.24) is 0 Å². The largest absolute Gasteiger partial charge is 0.368 e. The highest BCUT2D eigenvalue weighted by Gasteiger charge is 2.39. The number of nitrogens with two attached hydrogens (primary N) is 1. The molecule has 0 bridgehead atoms. The molecule has 0 heterocycles. The molecule has 1 aromatic rings. The average Bonchev–Trinajstić information content (AvgIpc) is 2.41. The Morgan fingerprint density at radius 3 is 1.81 bits per heavy atom. The second-order valence-corrected chi connectivity index (χ2v) is 6.09. The summed E-state index contributed by atoms with van der Waals surface area (Å²) in [6.07, 6.45) is 0. The minimum Gasteiger partial charge on any atom is -0.368 e. The van der Waals surface area contributed by atoms with Gasteiger partial charge < -0.3 is 5.73 Å². The fourth-order valence-corrected chi connectivity index (χ4v) is 2.28. The van der Waals surface area contributed by atoms with Gasteiger partial charge in [-0.25, -0.2) is 26.0 Å². The normalized spacial score (nSPS) is 13.1. The van der Waals surface area contributed by atoms with Crippen molar-refractivity contribution in [3.63, 3.8) is 0 Å². The zero-order chi connectivity index (χ0) is 16.7. The Morgan fingerprint density at radius 1 is 1.10 bits per heavy atom. The Balaban J connectivity index is 3.59.